The number of hydrogen-bond acceptors (Lipinski definition) is 0. The maximum Gasteiger partial charge on any atom is -0.0196 e. The van der Waals surface area contributed by atoms with Crippen LogP contribution in [0.1, 0.15) is 58.8 Å². The third-order valence-corrected chi connectivity index (χ3v) is 4.90. The Bertz CT molecular complexity index is 260. The summed E-state index contributed by atoms with van der Waals surface area (Å²) in [4.78, 5) is 0. The van der Waals surface area contributed by atoms with Crippen LogP contribution in [0.3, 0.4) is 0 Å². The number of unbranched alkanes of at least 4 members (excludes halogenated alkanes) is 1. The zero-order chi connectivity index (χ0) is 12.3. The van der Waals surface area contributed by atoms with Crippen molar-refractivity contribution >= 4 is 13.9 Å². The lowest BCUT2D eigenvalue weighted by Crippen LogP contribution is -2.10. The van der Waals surface area contributed by atoms with Gasteiger partial charge in [0.05, 0.1) is 0 Å². The van der Waals surface area contributed by atoms with Crippen LogP contribution in [0.4, 0.5) is 0 Å². The van der Waals surface area contributed by atoms with Gasteiger partial charge in [0.2, 0.25) is 0 Å². The van der Waals surface area contributed by atoms with Crippen molar-refractivity contribution < 1.29 is 0 Å². The highest BCUT2D eigenvalue weighted by Crippen LogP contribution is 2.31. The second-order valence-corrected chi connectivity index (χ2v) is 6.53. The molecule has 1 aliphatic carbocycles. The van der Waals surface area contributed by atoms with Crippen LogP contribution in [0.25, 0.3) is 0 Å². The summed E-state index contributed by atoms with van der Waals surface area (Å²) >= 11 is 0. The van der Waals surface area contributed by atoms with Gasteiger partial charge in [-0.15, -0.1) is 0 Å². The minimum atomic E-state index is 0.996. The average Bonchev–Trinajstić information content (AvgIpc) is 2.41. The molecule has 17 heavy (non-hydrogen) atoms. The molecular formula is C16H27P. The summed E-state index contributed by atoms with van der Waals surface area (Å²) in [5.41, 5.74) is 0.996. The fourth-order valence-electron chi connectivity index (χ4n) is 2.02. The molecule has 1 saturated carbocycles. The maximum absolute atomic E-state index is 2.27. The Balaban J connectivity index is 0.000000317. The molecule has 0 nitrogen and oxygen atoms in total. The lowest BCUT2D eigenvalue weighted by atomic mass is 10.0. The van der Waals surface area contributed by atoms with Crippen LogP contribution < -0.4 is 5.30 Å². The molecule has 0 saturated heterocycles. The zero-order valence-corrected chi connectivity index (χ0v) is 12.4. The molecule has 0 aliphatic heterocycles. The second kappa shape index (κ2) is 9.66. The molecule has 1 aromatic rings. The van der Waals surface area contributed by atoms with Crippen molar-refractivity contribution in [2.45, 2.75) is 64.5 Å². The van der Waals surface area contributed by atoms with E-state index in [9.17, 15) is 0 Å². The Morgan fingerprint density at radius 1 is 0.941 bits per heavy atom. The van der Waals surface area contributed by atoms with E-state index in [0.29, 0.717) is 0 Å². The van der Waals surface area contributed by atoms with Crippen LogP contribution in [0.2, 0.25) is 0 Å². The summed E-state index contributed by atoms with van der Waals surface area (Å²) in [6.45, 7) is 4.36. The highest BCUT2D eigenvalue weighted by molar-refractivity contribution is 7.48. The summed E-state index contributed by atoms with van der Waals surface area (Å²) in [6.07, 6.45) is 9.96. The molecule has 0 heterocycles. The van der Waals surface area contributed by atoms with Crippen LogP contribution >= 0.6 is 8.58 Å². The summed E-state index contributed by atoms with van der Waals surface area (Å²) in [5, 5.41) is 1.55. The minimum Gasteiger partial charge on any atom is -0.0872 e. The van der Waals surface area contributed by atoms with Gasteiger partial charge < -0.3 is 0 Å². The molecular weight excluding hydrogens is 223 g/mol. The Hall–Kier alpha value is -0.350. The van der Waals surface area contributed by atoms with Gasteiger partial charge in [0.1, 0.15) is 0 Å². The average molecular weight is 250 g/mol. The van der Waals surface area contributed by atoms with Crippen LogP contribution in [-0.2, 0) is 0 Å². The molecule has 0 aromatic heterocycles. The van der Waals surface area contributed by atoms with Crippen LogP contribution in [0.15, 0.2) is 30.3 Å². The topological polar surface area (TPSA) is 0 Å². The molecule has 96 valence electrons. The zero-order valence-electron chi connectivity index (χ0n) is 11.4. The first-order valence-electron chi connectivity index (χ1n) is 7.18. The van der Waals surface area contributed by atoms with Crippen LogP contribution in [-0.4, -0.2) is 5.66 Å². The van der Waals surface area contributed by atoms with Gasteiger partial charge in [0.25, 0.3) is 0 Å². The molecule has 1 atom stereocenters. The largest absolute Gasteiger partial charge is 0.0872 e. The van der Waals surface area contributed by atoms with Crippen molar-refractivity contribution in [3.05, 3.63) is 30.3 Å². The van der Waals surface area contributed by atoms with Crippen LogP contribution in [0, 0.1) is 0 Å². The van der Waals surface area contributed by atoms with Crippen molar-refractivity contribution in [3.63, 3.8) is 0 Å². The highest BCUT2D eigenvalue weighted by Gasteiger charge is 2.13. The van der Waals surface area contributed by atoms with Gasteiger partial charge in [-0.3, -0.25) is 0 Å². The lowest BCUT2D eigenvalue weighted by Gasteiger charge is -2.21. The SMILES string of the molecule is CCCC.c1ccc(PC2CCCCC2)cc1. The molecule has 1 aromatic carbocycles. The molecule has 1 aliphatic rings. The monoisotopic (exact) mass is 250 g/mol. The third kappa shape index (κ3) is 6.84. The van der Waals surface area contributed by atoms with E-state index in [-0.39, 0.29) is 0 Å². The quantitative estimate of drug-likeness (QED) is 0.652. The molecule has 0 spiro atoms. The van der Waals surface area contributed by atoms with E-state index < -0.39 is 0 Å². The van der Waals surface area contributed by atoms with Crippen molar-refractivity contribution in [2.24, 2.45) is 0 Å². The maximum atomic E-state index is 2.27. The van der Waals surface area contributed by atoms with Crippen molar-refractivity contribution in [3.8, 4) is 0 Å². The van der Waals surface area contributed by atoms with E-state index in [1.807, 2.05) is 0 Å². The molecule has 1 unspecified atom stereocenters. The first-order chi connectivity index (χ1) is 8.36. The summed E-state index contributed by atoms with van der Waals surface area (Å²) in [7, 11) is 1.05. The molecule has 0 bridgehead atoms. The number of benzene rings is 1. The van der Waals surface area contributed by atoms with Gasteiger partial charge >= 0.3 is 0 Å². The van der Waals surface area contributed by atoms with Gasteiger partial charge in [-0.2, -0.15) is 0 Å². The molecule has 0 radical (unpaired) electrons. The number of hydrogen-bond donors (Lipinski definition) is 0. The van der Waals surface area contributed by atoms with Gasteiger partial charge in [-0.25, -0.2) is 0 Å². The van der Waals surface area contributed by atoms with E-state index in [1.165, 1.54) is 44.9 Å². The Morgan fingerprint density at radius 2 is 1.53 bits per heavy atom. The summed E-state index contributed by atoms with van der Waals surface area (Å²) in [5.74, 6) is 0. The fraction of sp³-hybridized carbons (Fsp3) is 0.625. The molecule has 0 N–H and O–H groups in total. The molecule has 2 rings (SSSR count). The predicted molar refractivity (Wildman–Crippen MR) is 81.8 cm³/mol. The molecule has 0 amide bonds. The van der Waals surface area contributed by atoms with E-state index in [4.69, 9.17) is 0 Å². The van der Waals surface area contributed by atoms with E-state index in [2.05, 4.69) is 44.2 Å². The second-order valence-electron chi connectivity index (χ2n) is 4.85. The summed E-state index contributed by atoms with van der Waals surface area (Å²) in [6, 6.07) is 11.0. The molecule has 1 fully saturated rings. The van der Waals surface area contributed by atoms with Crippen molar-refractivity contribution in [2.75, 3.05) is 0 Å². The Morgan fingerprint density at radius 3 is 2.06 bits per heavy atom. The standard InChI is InChI=1S/C12H17P.C4H10/c1-3-7-11(8-4-1)13-12-9-5-2-6-10-12;1-3-4-2/h1,3-4,7-8,12-13H,2,5-6,9-10H2;3-4H2,1-2H3. The van der Waals surface area contributed by atoms with E-state index in [0.717, 1.165) is 14.2 Å². The first-order valence-corrected chi connectivity index (χ1v) is 8.26. The first kappa shape index (κ1) is 14.7. The third-order valence-electron chi connectivity index (χ3n) is 3.25. The number of rotatable bonds is 3. The lowest BCUT2D eigenvalue weighted by molar-refractivity contribution is 0.514. The van der Waals surface area contributed by atoms with Crippen LogP contribution in [0.5, 0.6) is 0 Å². The van der Waals surface area contributed by atoms with Gasteiger partial charge in [-0.1, -0.05) is 84.9 Å². The van der Waals surface area contributed by atoms with Gasteiger partial charge in [0.15, 0.2) is 0 Å². The Labute approximate surface area is 109 Å². The molecule has 1 heteroatoms. The Kier molecular flexibility index (Phi) is 8.36. The van der Waals surface area contributed by atoms with Crippen molar-refractivity contribution in [1.82, 2.24) is 0 Å². The van der Waals surface area contributed by atoms with Crippen molar-refractivity contribution in [1.29, 1.82) is 0 Å². The van der Waals surface area contributed by atoms with E-state index in [1.54, 1.807) is 5.30 Å². The predicted octanol–water partition coefficient (Wildman–Crippen LogP) is 5.13. The summed E-state index contributed by atoms with van der Waals surface area (Å²) < 4.78 is 0. The minimum absolute atomic E-state index is 0.996. The highest BCUT2D eigenvalue weighted by atomic mass is 31.1. The fourth-order valence-corrected chi connectivity index (χ4v) is 3.57. The van der Waals surface area contributed by atoms with Gasteiger partial charge in [-0.05, 0) is 23.8 Å². The normalized spacial score (nSPS) is 16.8. The van der Waals surface area contributed by atoms with Gasteiger partial charge in [0, 0.05) is 0 Å². The smallest absolute Gasteiger partial charge is 0.0196 e. The van der Waals surface area contributed by atoms with E-state index >= 15 is 0 Å².